The summed E-state index contributed by atoms with van der Waals surface area (Å²) in [4.78, 5) is 24.5. The van der Waals surface area contributed by atoms with Gasteiger partial charge in [0.1, 0.15) is 6.61 Å². The minimum atomic E-state index is -0.818. The van der Waals surface area contributed by atoms with Crippen LogP contribution in [0.4, 0.5) is 0 Å². The molecule has 0 aromatic rings. The normalized spacial score (nSPS) is 13.6. The fraction of sp³-hybridized carbons (Fsp3) is 0.541. The van der Waals surface area contributed by atoms with Crippen molar-refractivity contribution in [2.75, 3.05) is 13.2 Å². The van der Waals surface area contributed by atoms with Crippen molar-refractivity contribution in [3.05, 3.63) is 158 Å². The lowest BCUT2D eigenvalue weighted by Crippen LogP contribution is -2.28. The number of hydrogen-bond acceptors (Lipinski definition) is 5. The van der Waals surface area contributed by atoms with Crippen LogP contribution in [0.2, 0.25) is 0 Å². The summed E-state index contributed by atoms with van der Waals surface area (Å²) >= 11 is 0. The third kappa shape index (κ3) is 52.1. The zero-order valence-electron chi connectivity index (χ0n) is 41.9. The first-order valence-electron chi connectivity index (χ1n) is 26.0. The third-order valence-corrected chi connectivity index (χ3v) is 10.3. The molecule has 0 fully saturated rings. The van der Waals surface area contributed by atoms with Crippen LogP contribution in [0.5, 0.6) is 0 Å². The highest BCUT2D eigenvalue weighted by atomic mass is 16.6. The number of hydrogen-bond donors (Lipinski definition) is 1. The lowest BCUT2D eigenvalue weighted by Gasteiger charge is -2.15. The lowest BCUT2D eigenvalue weighted by molar-refractivity contribution is -0.161. The van der Waals surface area contributed by atoms with E-state index in [0.29, 0.717) is 12.8 Å². The molecule has 66 heavy (non-hydrogen) atoms. The first-order valence-corrected chi connectivity index (χ1v) is 26.0. The molecule has 0 rings (SSSR count). The number of aliphatic hydroxyl groups is 1. The van der Waals surface area contributed by atoms with Crippen molar-refractivity contribution < 1.29 is 24.2 Å². The molecule has 5 heteroatoms. The highest BCUT2D eigenvalue weighted by Gasteiger charge is 2.16. The SMILES string of the molecule is CC/C=C\C/C=C\C/C=C\C/C=C\C/C=C\C/C=C\C/C=C\C/C=C\C/C=C\CCCC(=O)OC(CO)COC(=O)CCCCCCCCCCCC/C=C\C/C=C\C/C=C\C/C=C\CC. The molecule has 5 nitrogen and oxygen atoms in total. The molecular weight excluding hydrogens is 813 g/mol. The number of allylic oxidation sites excluding steroid dienone is 26. The molecule has 0 amide bonds. The van der Waals surface area contributed by atoms with Gasteiger partial charge in [0.05, 0.1) is 6.61 Å². The van der Waals surface area contributed by atoms with E-state index in [0.717, 1.165) is 109 Å². The molecule has 368 valence electrons. The summed E-state index contributed by atoms with van der Waals surface area (Å²) in [5.74, 6) is -0.679. The summed E-state index contributed by atoms with van der Waals surface area (Å²) < 4.78 is 10.6. The maximum Gasteiger partial charge on any atom is 0.306 e. The van der Waals surface area contributed by atoms with Crippen LogP contribution in [0.1, 0.15) is 194 Å². The van der Waals surface area contributed by atoms with E-state index in [-0.39, 0.29) is 31.6 Å². The van der Waals surface area contributed by atoms with Crippen molar-refractivity contribution in [2.24, 2.45) is 0 Å². The van der Waals surface area contributed by atoms with Gasteiger partial charge in [-0.25, -0.2) is 0 Å². The Morgan fingerprint density at radius 2 is 0.621 bits per heavy atom. The summed E-state index contributed by atoms with van der Waals surface area (Å²) in [6.45, 7) is 3.85. The monoisotopic (exact) mass is 907 g/mol. The smallest absolute Gasteiger partial charge is 0.306 e. The highest BCUT2D eigenvalue weighted by molar-refractivity contribution is 5.70. The Hall–Kier alpha value is -4.48. The standard InChI is InChI=1S/C61H94O5/c1-3-5-7-9-11-13-15-17-19-21-23-25-27-28-29-30-31-32-34-36-38-40-42-44-46-48-50-52-54-56-61(64)66-59(57-62)58-65-60(63)55-53-51-49-47-45-43-41-39-37-35-33-26-24-22-20-18-16-14-12-10-8-6-4-2/h5-8,11-14,17-20,23-26,28-29,31-32,36,38,42,44,48,50,59,62H,3-4,9-10,15-16,21-22,27,30,33-35,37,39-41,43,45-47,49,51-58H2,1-2H3/b7-5-,8-6-,13-11-,14-12-,19-17-,20-18-,25-23-,26-24-,29-28-,32-31-,38-36-,44-42-,50-48-. The van der Waals surface area contributed by atoms with Crippen LogP contribution in [0, 0.1) is 0 Å². The summed E-state index contributed by atoms with van der Waals surface area (Å²) in [6, 6.07) is 0. The fourth-order valence-electron chi connectivity index (χ4n) is 6.49. The maximum absolute atomic E-state index is 12.3. The van der Waals surface area contributed by atoms with Crippen LogP contribution >= 0.6 is 0 Å². The van der Waals surface area contributed by atoms with Gasteiger partial charge in [-0.05, 0) is 116 Å². The van der Waals surface area contributed by atoms with Gasteiger partial charge >= 0.3 is 11.9 Å². The van der Waals surface area contributed by atoms with Gasteiger partial charge in [-0.1, -0.05) is 223 Å². The zero-order valence-corrected chi connectivity index (χ0v) is 41.9. The molecule has 0 saturated heterocycles. The van der Waals surface area contributed by atoms with Gasteiger partial charge in [0.15, 0.2) is 6.10 Å². The minimum Gasteiger partial charge on any atom is -0.462 e. The molecule has 1 atom stereocenters. The number of carbonyl (C=O) groups excluding carboxylic acids is 2. The fourth-order valence-corrected chi connectivity index (χ4v) is 6.49. The van der Waals surface area contributed by atoms with Crippen LogP contribution in [0.25, 0.3) is 0 Å². The van der Waals surface area contributed by atoms with E-state index in [4.69, 9.17) is 9.47 Å². The number of ether oxygens (including phenoxy) is 2. The van der Waals surface area contributed by atoms with Crippen molar-refractivity contribution in [1.29, 1.82) is 0 Å². The van der Waals surface area contributed by atoms with Gasteiger partial charge in [0.25, 0.3) is 0 Å². The van der Waals surface area contributed by atoms with E-state index >= 15 is 0 Å². The van der Waals surface area contributed by atoms with Gasteiger partial charge < -0.3 is 14.6 Å². The lowest BCUT2D eigenvalue weighted by atomic mass is 10.1. The van der Waals surface area contributed by atoms with Crippen molar-refractivity contribution in [3.8, 4) is 0 Å². The summed E-state index contributed by atoms with van der Waals surface area (Å²) in [5, 5.41) is 9.63. The largest absolute Gasteiger partial charge is 0.462 e. The molecule has 0 radical (unpaired) electrons. The van der Waals surface area contributed by atoms with Gasteiger partial charge in [0, 0.05) is 12.8 Å². The van der Waals surface area contributed by atoms with Crippen molar-refractivity contribution in [2.45, 2.75) is 200 Å². The van der Waals surface area contributed by atoms with Crippen molar-refractivity contribution in [3.63, 3.8) is 0 Å². The zero-order chi connectivity index (χ0) is 47.7. The summed E-state index contributed by atoms with van der Waals surface area (Å²) in [7, 11) is 0. The predicted octanol–water partition coefficient (Wildman–Crippen LogP) is 17.6. The Labute approximate surface area is 405 Å². The first-order chi connectivity index (χ1) is 32.6. The van der Waals surface area contributed by atoms with Crippen molar-refractivity contribution in [1.82, 2.24) is 0 Å². The van der Waals surface area contributed by atoms with E-state index in [1.807, 2.05) is 0 Å². The van der Waals surface area contributed by atoms with E-state index < -0.39 is 6.10 Å². The number of carbonyl (C=O) groups is 2. The second kappa shape index (κ2) is 54.9. The Bertz CT molecular complexity index is 1490. The summed E-state index contributed by atoms with van der Waals surface area (Å²) in [6.07, 6.45) is 84.8. The van der Waals surface area contributed by atoms with Crippen LogP contribution in [-0.2, 0) is 19.1 Å². The van der Waals surface area contributed by atoms with Gasteiger partial charge in [0.2, 0.25) is 0 Å². The molecule has 0 aromatic carbocycles. The van der Waals surface area contributed by atoms with E-state index in [2.05, 4.69) is 172 Å². The number of rotatable bonds is 45. The second-order valence-corrected chi connectivity index (χ2v) is 16.5. The first kappa shape index (κ1) is 61.5. The molecule has 0 aliphatic rings. The molecule has 0 aromatic heterocycles. The minimum absolute atomic E-state index is 0.103. The van der Waals surface area contributed by atoms with Gasteiger partial charge in [-0.3, -0.25) is 9.59 Å². The predicted molar refractivity (Wildman–Crippen MR) is 287 cm³/mol. The maximum atomic E-state index is 12.3. The van der Waals surface area contributed by atoms with Crippen LogP contribution < -0.4 is 0 Å². The topological polar surface area (TPSA) is 72.8 Å². The number of aliphatic hydroxyl groups excluding tert-OH is 1. The van der Waals surface area contributed by atoms with Crippen LogP contribution in [0.3, 0.4) is 0 Å². The molecule has 1 unspecified atom stereocenters. The molecule has 0 aliphatic heterocycles. The average molecular weight is 907 g/mol. The van der Waals surface area contributed by atoms with E-state index in [1.54, 1.807) is 0 Å². The second-order valence-electron chi connectivity index (χ2n) is 16.5. The molecule has 0 spiro atoms. The molecule has 0 bridgehead atoms. The van der Waals surface area contributed by atoms with Gasteiger partial charge in [-0.2, -0.15) is 0 Å². The van der Waals surface area contributed by atoms with E-state index in [1.165, 1.54) is 51.4 Å². The third-order valence-electron chi connectivity index (χ3n) is 10.3. The Kier molecular flexibility index (Phi) is 51.1. The molecule has 0 saturated carbocycles. The van der Waals surface area contributed by atoms with E-state index in [9.17, 15) is 14.7 Å². The number of unbranched alkanes of at least 4 members (excludes halogenated alkanes) is 11. The quantitative estimate of drug-likeness (QED) is 0.0374. The molecule has 0 heterocycles. The van der Waals surface area contributed by atoms with Gasteiger partial charge in [-0.15, -0.1) is 0 Å². The molecular formula is C61H94O5. The Balaban J connectivity index is 3.70. The summed E-state index contributed by atoms with van der Waals surface area (Å²) in [5.41, 5.74) is 0. The Morgan fingerprint density at radius 3 is 0.955 bits per heavy atom. The molecule has 1 N–H and O–H groups in total. The average Bonchev–Trinajstić information content (AvgIpc) is 3.32. The molecule has 0 aliphatic carbocycles. The highest BCUT2D eigenvalue weighted by Crippen LogP contribution is 2.13. The van der Waals surface area contributed by atoms with Crippen molar-refractivity contribution >= 4 is 11.9 Å². The number of esters is 2. The van der Waals surface area contributed by atoms with Crippen LogP contribution in [-0.4, -0.2) is 36.4 Å². The Morgan fingerprint density at radius 1 is 0.348 bits per heavy atom. The van der Waals surface area contributed by atoms with Crippen LogP contribution in [0.15, 0.2) is 158 Å².